The fourth-order valence-electron chi connectivity index (χ4n) is 2.07. The number of alkyl halides is 1. The smallest absolute Gasteiger partial charge is 0.224 e. The zero-order chi connectivity index (χ0) is 15.1. The summed E-state index contributed by atoms with van der Waals surface area (Å²) in [5.74, 6) is 0.318. The molecular formula is C14H17Cl2N3O. The highest BCUT2D eigenvalue weighted by Gasteiger charge is 2.28. The van der Waals surface area contributed by atoms with E-state index >= 15 is 0 Å². The van der Waals surface area contributed by atoms with Crippen LogP contribution in [-0.4, -0.2) is 15.5 Å². The third kappa shape index (κ3) is 2.63. The van der Waals surface area contributed by atoms with Gasteiger partial charge in [-0.3, -0.25) is 4.79 Å². The summed E-state index contributed by atoms with van der Waals surface area (Å²) in [7, 11) is 0. The molecule has 0 spiro atoms. The Bertz CT molecular complexity index is 662. The van der Waals surface area contributed by atoms with E-state index in [1.807, 2.05) is 23.6 Å². The van der Waals surface area contributed by atoms with Crippen molar-refractivity contribution in [1.29, 1.82) is 0 Å². The Morgan fingerprint density at radius 1 is 1.50 bits per heavy atom. The van der Waals surface area contributed by atoms with Gasteiger partial charge < -0.3 is 10.3 Å². The first kappa shape index (κ1) is 15.1. The van der Waals surface area contributed by atoms with Gasteiger partial charge >= 0.3 is 0 Å². The van der Waals surface area contributed by atoms with E-state index in [0.29, 0.717) is 22.9 Å². The van der Waals surface area contributed by atoms with E-state index in [9.17, 15) is 4.79 Å². The van der Waals surface area contributed by atoms with Crippen molar-refractivity contribution in [2.75, 3.05) is 0 Å². The second-order valence-corrected chi connectivity index (χ2v) is 6.59. The molecule has 4 nitrogen and oxygen atoms in total. The Balaban J connectivity index is 2.64. The lowest BCUT2D eigenvalue weighted by Gasteiger charge is -2.23. The molecule has 1 unspecified atom stereocenters. The average molecular weight is 314 g/mol. The van der Waals surface area contributed by atoms with Crippen LogP contribution in [0.2, 0.25) is 5.02 Å². The SMILES string of the molecule is CC(Cl)c1nc2c(Cl)cccc2n1CC(C)(C)C(N)=O. The van der Waals surface area contributed by atoms with E-state index in [4.69, 9.17) is 28.9 Å². The number of nitrogens with two attached hydrogens (primary N) is 1. The number of fused-ring (bicyclic) bond motifs is 1. The van der Waals surface area contributed by atoms with Crippen molar-refractivity contribution in [3.63, 3.8) is 0 Å². The molecule has 6 heteroatoms. The lowest BCUT2D eigenvalue weighted by Crippen LogP contribution is -2.35. The topological polar surface area (TPSA) is 60.9 Å². The van der Waals surface area contributed by atoms with E-state index in [2.05, 4.69) is 4.98 Å². The molecule has 1 aromatic heterocycles. The zero-order valence-corrected chi connectivity index (χ0v) is 13.2. The normalized spacial score (nSPS) is 13.7. The predicted molar refractivity (Wildman–Crippen MR) is 82.0 cm³/mol. The van der Waals surface area contributed by atoms with Gasteiger partial charge in [-0.05, 0) is 32.9 Å². The minimum absolute atomic E-state index is 0.290. The molecule has 1 atom stereocenters. The number of halogens is 2. The zero-order valence-electron chi connectivity index (χ0n) is 11.7. The second kappa shape index (κ2) is 5.26. The van der Waals surface area contributed by atoms with Crippen LogP contribution in [0.5, 0.6) is 0 Å². The van der Waals surface area contributed by atoms with Crippen molar-refractivity contribution in [3.8, 4) is 0 Å². The second-order valence-electron chi connectivity index (χ2n) is 5.53. The number of carbonyl (C=O) groups excluding carboxylic acids is 1. The molecule has 0 aliphatic heterocycles. The molecule has 0 aliphatic rings. The van der Waals surface area contributed by atoms with Gasteiger partial charge in [-0.15, -0.1) is 11.6 Å². The molecule has 0 saturated carbocycles. The summed E-state index contributed by atoms with van der Waals surface area (Å²) in [6, 6.07) is 5.54. The molecule has 1 heterocycles. The summed E-state index contributed by atoms with van der Waals surface area (Å²) in [6.45, 7) is 5.85. The molecule has 1 amide bonds. The molecule has 1 aromatic carbocycles. The highest BCUT2D eigenvalue weighted by atomic mass is 35.5. The first-order valence-electron chi connectivity index (χ1n) is 6.32. The van der Waals surface area contributed by atoms with Crippen molar-refractivity contribution < 1.29 is 4.79 Å². The fourth-order valence-corrected chi connectivity index (χ4v) is 2.45. The molecule has 0 saturated heterocycles. The third-order valence-corrected chi connectivity index (χ3v) is 3.84. The average Bonchev–Trinajstić information content (AvgIpc) is 2.69. The standard InChI is InChI=1S/C14H17Cl2N3O/c1-8(15)12-18-11-9(16)5-4-6-10(11)19(12)7-14(2,3)13(17)20/h4-6,8H,7H2,1-3H3,(H2,17,20). The summed E-state index contributed by atoms with van der Waals surface area (Å²) in [6.07, 6.45) is 0. The largest absolute Gasteiger partial charge is 0.369 e. The third-order valence-electron chi connectivity index (χ3n) is 3.34. The van der Waals surface area contributed by atoms with Gasteiger partial charge in [0.25, 0.3) is 0 Å². The lowest BCUT2D eigenvalue weighted by molar-refractivity contribution is -0.126. The Kier molecular flexibility index (Phi) is 3.98. The van der Waals surface area contributed by atoms with Gasteiger partial charge in [-0.2, -0.15) is 0 Å². The molecule has 2 rings (SSSR count). The Morgan fingerprint density at radius 3 is 2.70 bits per heavy atom. The van der Waals surface area contributed by atoms with Gasteiger partial charge in [-0.25, -0.2) is 4.98 Å². The van der Waals surface area contributed by atoms with Crippen LogP contribution < -0.4 is 5.73 Å². The van der Waals surface area contributed by atoms with Gasteiger partial charge in [0.1, 0.15) is 11.3 Å². The number of carbonyl (C=O) groups is 1. The van der Waals surface area contributed by atoms with E-state index < -0.39 is 5.41 Å². The molecule has 2 aromatic rings. The van der Waals surface area contributed by atoms with Crippen molar-refractivity contribution in [3.05, 3.63) is 29.0 Å². The van der Waals surface area contributed by atoms with Crippen LogP contribution in [0.1, 0.15) is 32.0 Å². The minimum atomic E-state index is -0.698. The molecule has 108 valence electrons. The Morgan fingerprint density at radius 2 is 2.15 bits per heavy atom. The number of hydrogen-bond acceptors (Lipinski definition) is 2. The van der Waals surface area contributed by atoms with Gasteiger partial charge in [0.2, 0.25) is 5.91 Å². The molecule has 0 radical (unpaired) electrons. The van der Waals surface area contributed by atoms with Crippen LogP contribution in [0.3, 0.4) is 0 Å². The number of imidazole rings is 1. The summed E-state index contributed by atoms with van der Waals surface area (Å²) >= 11 is 12.4. The maximum absolute atomic E-state index is 11.6. The molecule has 0 bridgehead atoms. The Hall–Kier alpha value is -1.26. The summed E-state index contributed by atoms with van der Waals surface area (Å²) in [4.78, 5) is 16.1. The number of benzene rings is 1. The number of hydrogen-bond donors (Lipinski definition) is 1. The van der Waals surface area contributed by atoms with E-state index in [0.717, 1.165) is 5.52 Å². The number of nitrogens with zero attached hydrogens (tertiary/aromatic N) is 2. The maximum Gasteiger partial charge on any atom is 0.224 e. The molecular weight excluding hydrogens is 297 g/mol. The van der Waals surface area contributed by atoms with Crippen molar-refractivity contribution in [2.45, 2.75) is 32.7 Å². The van der Waals surface area contributed by atoms with Gasteiger partial charge in [0, 0.05) is 6.54 Å². The highest BCUT2D eigenvalue weighted by Crippen LogP contribution is 2.31. The molecule has 0 fully saturated rings. The summed E-state index contributed by atoms with van der Waals surface area (Å²) in [5, 5.41) is 0.277. The van der Waals surface area contributed by atoms with Gasteiger partial charge in [0.05, 0.1) is 21.3 Å². The van der Waals surface area contributed by atoms with Crippen LogP contribution in [-0.2, 0) is 11.3 Å². The highest BCUT2D eigenvalue weighted by molar-refractivity contribution is 6.35. The van der Waals surface area contributed by atoms with E-state index in [1.165, 1.54) is 0 Å². The van der Waals surface area contributed by atoms with Crippen molar-refractivity contribution >= 4 is 40.1 Å². The predicted octanol–water partition coefficient (Wildman–Crippen LogP) is 3.50. The van der Waals surface area contributed by atoms with Crippen LogP contribution in [0.15, 0.2) is 18.2 Å². The maximum atomic E-state index is 11.6. The number of amides is 1. The van der Waals surface area contributed by atoms with Gasteiger partial charge in [-0.1, -0.05) is 17.7 Å². The number of rotatable bonds is 4. The first-order valence-corrected chi connectivity index (χ1v) is 7.14. The van der Waals surface area contributed by atoms with Crippen molar-refractivity contribution in [1.82, 2.24) is 9.55 Å². The number of aromatic nitrogens is 2. The monoisotopic (exact) mass is 313 g/mol. The summed E-state index contributed by atoms with van der Waals surface area (Å²) < 4.78 is 1.92. The Labute approximate surface area is 127 Å². The van der Waals surface area contributed by atoms with Crippen LogP contribution in [0.25, 0.3) is 11.0 Å². The molecule has 20 heavy (non-hydrogen) atoms. The molecule has 0 aliphatic carbocycles. The first-order chi connectivity index (χ1) is 9.24. The van der Waals surface area contributed by atoms with Gasteiger partial charge in [0.15, 0.2) is 0 Å². The van der Waals surface area contributed by atoms with E-state index in [1.54, 1.807) is 19.9 Å². The minimum Gasteiger partial charge on any atom is -0.369 e. The molecule has 2 N–H and O–H groups in total. The fraction of sp³-hybridized carbons (Fsp3) is 0.429. The number of para-hydroxylation sites is 1. The van der Waals surface area contributed by atoms with Crippen LogP contribution in [0, 0.1) is 5.41 Å². The van der Waals surface area contributed by atoms with E-state index in [-0.39, 0.29) is 11.3 Å². The van der Waals surface area contributed by atoms with Crippen molar-refractivity contribution in [2.24, 2.45) is 11.1 Å². The number of primary amides is 1. The van der Waals surface area contributed by atoms with Crippen LogP contribution >= 0.6 is 23.2 Å². The lowest BCUT2D eigenvalue weighted by atomic mass is 9.92. The van der Waals surface area contributed by atoms with Crippen LogP contribution in [0.4, 0.5) is 0 Å². The quantitative estimate of drug-likeness (QED) is 0.878. The summed E-state index contributed by atoms with van der Waals surface area (Å²) in [5.41, 5.74) is 6.30.